The lowest BCUT2D eigenvalue weighted by molar-refractivity contribution is 0.0519. The second-order valence-corrected chi connectivity index (χ2v) is 6.16. The van der Waals surface area contributed by atoms with Gasteiger partial charge in [-0.1, -0.05) is 6.92 Å². The number of halogens is 1. The van der Waals surface area contributed by atoms with Crippen LogP contribution in [0.25, 0.3) is 5.69 Å². The molecule has 0 amide bonds. The number of hydrogen-bond acceptors (Lipinski definition) is 4. The minimum atomic E-state index is -0.390. The number of carbonyl (C=O) groups is 1. The molecule has 1 aromatic carbocycles. The molecule has 3 rings (SSSR count). The first-order valence-electron chi connectivity index (χ1n) is 6.80. The number of ether oxygens (including phenoxy) is 2. The van der Waals surface area contributed by atoms with Gasteiger partial charge in [-0.15, -0.1) is 0 Å². The number of esters is 1. The molecule has 5 nitrogen and oxygen atoms in total. The number of hydrogen-bond donors (Lipinski definition) is 0. The van der Waals surface area contributed by atoms with E-state index in [0.717, 1.165) is 20.7 Å². The zero-order valence-corrected chi connectivity index (χ0v) is 14.0. The Labute approximate surface area is 136 Å². The van der Waals surface area contributed by atoms with E-state index in [1.165, 1.54) is 0 Å². The number of rotatable bonds is 2. The normalized spacial score (nSPS) is 16.4. The maximum Gasteiger partial charge on any atom is 0.358 e. The standard InChI is InChI=1S/C15H15IN2O3/c1-3-20-15(19)11-7-12-9(2)8-21-14-5-4-10(16)6-13(14)18(12)17-11/h4-7,9H,3,8H2,1-2H3. The fourth-order valence-electron chi connectivity index (χ4n) is 2.32. The number of fused-ring (bicyclic) bond motifs is 3. The van der Waals surface area contributed by atoms with Gasteiger partial charge in [-0.2, -0.15) is 5.10 Å². The molecule has 1 aliphatic heterocycles. The average Bonchev–Trinajstić information content (AvgIpc) is 2.86. The zero-order chi connectivity index (χ0) is 15.0. The van der Waals surface area contributed by atoms with Crippen molar-refractivity contribution < 1.29 is 14.3 Å². The molecule has 0 aliphatic carbocycles. The summed E-state index contributed by atoms with van der Waals surface area (Å²) in [6.45, 7) is 4.74. The smallest absolute Gasteiger partial charge is 0.358 e. The first-order chi connectivity index (χ1) is 10.1. The Balaban J connectivity index is 2.14. The Kier molecular flexibility index (Phi) is 3.88. The van der Waals surface area contributed by atoms with Crippen molar-refractivity contribution in [3.05, 3.63) is 39.2 Å². The summed E-state index contributed by atoms with van der Waals surface area (Å²) >= 11 is 2.25. The van der Waals surface area contributed by atoms with Gasteiger partial charge in [0.2, 0.25) is 0 Å². The Bertz CT molecular complexity index is 696. The summed E-state index contributed by atoms with van der Waals surface area (Å²) in [6.07, 6.45) is 0. The summed E-state index contributed by atoms with van der Waals surface area (Å²) in [6, 6.07) is 7.72. The average molecular weight is 398 g/mol. The van der Waals surface area contributed by atoms with Crippen molar-refractivity contribution in [1.29, 1.82) is 0 Å². The van der Waals surface area contributed by atoms with E-state index < -0.39 is 5.97 Å². The van der Waals surface area contributed by atoms with Gasteiger partial charge in [0.25, 0.3) is 0 Å². The first kappa shape index (κ1) is 14.4. The number of benzene rings is 1. The van der Waals surface area contributed by atoms with Gasteiger partial charge in [0.15, 0.2) is 5.69 Å². The van der Waals surface area contributed by atoms with Crippen LogP contribution in [-0.2, 0) is 4.74 Å². The minimum absolute atomic E-state index is 0.144. The summed E-state index contributed by atoms with van der Waals surface area (Å²) in [4.78, 5) is 11.9. The van der Waals surface area contributed by atoms with Crippen molar-refractivity contribution in [3.8, 4) is 11.4 Å². The van der Waals surface area contributed by atoms with Gasteiger partial charge < -0.3 is 9.47 Å². The SMILES string of the molecule is CCOC(=O)c1cc2n(n1)-c1cc(I)ccc1OCC2C. The summed E-state index contributed by atoms with van der Waals surface area (Å²) in [7, 11) is 0. The van der Waals surface area contributed by atoms with Crippen molar-refractivity contribution in [3.63, 3.8) is 0 Å². The molecule has 2 aromatic rings. The molecule has 0 saturated heterocycles. The Morgan fingerprint density at radius 3 is 3.10 bits per heavy atom. The minimum Gasteiger partial charge on any atom is -0.491 e. The van der Waals surface area contributed by atoms with E-state index in [1.54, 1.807) is 17.7 Å². The van der Waals surface area contributed by atoms with E-state index in [4.69, 9.17) is 9.47 Å². The lowest BCUT2D eigenvalue weighted by Gasteiger charge is -2.08. The van der Waals surface area contributed by atoms with Crippen LogP contribution < -0.4 is 4.74 Å². The van der Waals surface area contributed by atoms with Crippen molar-refractivity contribution >= 4 is 28.6 Å². The van der Waals surface area contributed by atoms with Crippen LogP contribution in [0, 0.1) is 3.57 Å². The van der Waals surface area contributed by atoms with Crippen LogP contribution in [0.4, 0.5) is 0 Å². The highest BCUT2D eigenvalue weighted by atomic mass is 127. The fourth-order valence-corrected chi connectivity index (χ4v) is 2.80. The van der Waals surface area contributed by atoms with Crippen LogP contribution in [0.2, 0.25) is 0 Å². The maximum absolute atomic E-state index is 11.9. The van der Waals surface area contributed by atoms with Crippen LogP contribution in [0.1, 0.15) is 35.9 Å². The van der Waals surface area contributed by atoms with Crippen LogP contribution in [0.15, 0.2) is 24.3 Å². The molecular formula is C15H15IN2O3. The van der Waals surface area contributed by atoms with Gasteiger partial charge in [-0.05, 0) is 53.8 Å². The van der Waals surface area contributed by atoms with Gasteiger partial charge in [-0.25, -0.2) is 9.48 Å². The molecule has 0 fully saturated rings. The van der Waals surface area contributed by atoms with Crippen molar-refractivity contribution in [1.82, 2.24) is 9.78 Å². The van der Waals surface area contributed by atoms with E-state index in [9.17, 15) is 4.79 Å². The lowest BCUT2D eigenvalue weighted by Crippen LogP contribution is -2.07. The summed E-state index contributed by atoms with van der Waals surface area (Å²) in [5.74, 6) is 0.531. The van der Waals surface area contributed by atoms with Crippen LogP contribution in [-0.4, -0.2) is 29.0 Å². The molecular weight excluding hydrogens is 383 g/mol. The third-order valence-electron chi connectivity index (χ3n) is 3.36. The van der Waals surface area contributed by atoms with E-state index in [1.807, 2.05) is 18.2 Å². The maximum atomic E-state index is 11.9. The number of carbonyl (C=O) groups excluding carboxylic acids is 1. The van der Waals surface area contributed by atoms with E-state index in [0.29, 0.717) is 18.9 Å². The molecule has 110 valence electrons. The number of nitrogens with zero attached hydrogens (tertiary/aromatic N) is 2. The molecule has 1 aliphatic rings. The second-order valence-electron chi connectivity index (χ2n) is 4.91. The monoisotopic (exact) mass is 398 g/mol. The van der Waals surface area contributed by atoms with Gasteiger partial charge >= 0.3 is 5.97 Å². The van der Waals surface area contributed by atoms with Gasteiger partial charge in [0.05, 0.1) is 18.9 Å². The summed E-state index contributed by atoms with van der Waals surface area (Å²) in [5.41, 5.74) is 2.15. The molecule has 0 saturated carbocycles. The number of aromatic nitrogens is 2. The highest BCUT2D eigenvalue weighted by Crippen LogP contribution is 2.32. The van der Waals surface area contributed by atoms with Crippen molar-refractivity contribution in [2.75, 3.05) is 13.2 Å². The molecule has 1 unspecified atom stereocenters. The Morgan fingerprint density at radius 2 is 2.33 bits per heavy atom. The van der Waals surface area contributed by atoms with Crippen LogP contribution in [0.3, 0.4) is 0 Å². The molecule has 1 aromatic heterocycles. The predicted octanol–water partition coefficient (Wildman–Crippen LogP) is 3.15. The molecule has 2 heterocycles. The van der Waals surface area contributed by atoms with Gasteiger partial charge in [0.1, 0.15) is 11.4 Å². The summed E-state index contributed by atoms with van der Waals surface area (Å²) in [5, 5.41) is 4.42. The Morgan fingerprint density at radius 1 is 1.52 bits per heavy atom. The second kappa shape index (κ2) is 5.67. The summed E-state index contributed by atoms with van der Waals surface area (Å²) < 4.78 is 13.7. The Hall–Kier alpha value is -1.57. The molecule has 1 atom stereocenters. The molecule has 0 N–H and O–H groups in total. The van der Waals surface area contributed by atoms with E-state index >= 15 is 0 Å². The largest absolute Gasteiger partial charge is 0.491 e. The van der Waals surface area contributed by atoms with E-state index in [-0.39, 0.29) is 5.92 Å². The molecule has 6 heteroatoms. The first-order valence-corrected chi connectivity index (χ1v) is 7.88. The van der Waals surface area contributed by atoms with Crippen molar-refractivity contribution in [2.24, 2.45) is 0 Å². The third-order valence-corrected chi connectivity index (χ3v) is 4.04. The molecule has 0 bridgehead atoms. The fraction of sp³-hybridized carbons (Fsp3) is 0.333. The predicted molar refractivity (Wildman–Crippen MR) is 86.1 cm³/mol. The lowest BCUT2D eigenvalue weighted by atomic mass is 10.1. The van der Waals surface area contributed by atoms with Crippen LogP contribution >= 0.6 is 22.6 Å². The van der Waals surface area contributed by atoms with Crippen LogP contribution in [0.5, 0.6) is 5.75 Å². The van der Waals surface area contributed by atoms with Gasteiger partial charge in [0, 0.05) is 9.49 Å². The molecule has 0 spiro atoms. The topological polar surface area (TPSA) is 53.4 Å². The quantitative estimate of drug-likeness (QED) is 0.576. The van der Waals surface area contributed by atoms with Gasteiger partial charge in [-0.3, -0.25) is 0 Å². The van der Waals surface area contributed by atoms with Crippen molar-refractivity contribution in [2.45, 2.75) is 19.8 Å². The highest BCUT2D eigenvalue weighted by Gasteiger charge is 2.25. The van der Waals surface area contributed by atoms with E-state index in [2.05, 4.69) is 34.6 Å². The third kappa shape index (κ3) is 2.64. The zero-order valence-electron chi connectivity index (χ0n) is 11.8. The molecule has 0 radical (unpaired) electrons. The molecule has 21 heavy (non-hydrogen) atoms. The highest BCUT2D eigenvalue weighted by molar-refractivity contribution is 14.1.